The largest absolute Gasteiger partial charge is 1.00 e. The molecular weight excluding hydrogens is 245 g/mol. The highest BCUT2D eigenvalue weighted by molar-refractivity contribution is 5.81. The lowest BCUT2D eigenvalue weighted by molar-refractivity contribution is -0.921. The van der Waals surface area contributed by atoms with Crippen molar-refractivity contribution in [2.24, 2.45) is 0 Å². The van der Waals surface area contributed by atoms with Crippen molar-refractivity contribution in [1.29, 1.82) is 0 Å². The summed E-state index contributed by atoms with van der Waals surface area (Å²) < 4.78 is 5.91. The van der Waals surface area contributed by atoms with E-state index in [4.69, 9.17) is 4.74 Å². The van der Waals surface area contributed by atoms with Gasteiger partial charge in [-0.1, -0.05) is 36.9 Å². The fourth-order valence-corrected chi connectivity index (χ4v) is 1.80. The number of likely N-dealkylation sites (N-methyl/N-ethyl adjacent to an activating group) is 1. The number of hydrogen-bond donors (Lipinski definition) is 0. The summed E-state index contributed by atoms with van der Waals surface area (Å²) in [7, 11) is 2.18. The van der Waals surface area contributed by atoms with Crippen LogP contribution < -0.4 is 4.70 Å². The molecule has 0 heterocycles. The van der Waals surface area contributed by atoms with Gasteiger partial charge in [-0.3, -0.25) is 0 Å². The molecule has 1 rings (SSSR count). The second-order valence-electron chi connectivity index (χ2n) is 4.67. The van der Waals surface area contributed by atoms with Crippen molar-refractivity contribution in [1.82, 2.24) is 0 Å². The van der Waals surface area contributed by atoms with Gasteiger partial charge in [-0.25, -0.2) is 4.79 Å². The van der Waals surface area contributed by atoms with Crippen LogP contribution in [0.1, 0.15) is 12.5 Å². The first-order chi connectivity index (χ1) is 8.59. The Morgan fingerprint density at radius 3 is 2.53 bits per heavy atom. The Labute approximate surface area is 114 Å². The maximum Gasteiger partial charge on any atom is 0.330 e. The van der Waals surface area contributed by atoms with Crippen LogP contribution in [-0.4, -0.2) is 37.2 Å². The van der Waals surface area contributed by atoms with Crippen LogP contribution in [0.4, 0.5) is 0 Å². The Morgan fingerprint density at radius 2 is 2.00 bits per heavy atom. The van der Waals surface area contributed by atoms with Gasteiger partial charge in [-0.2, -0.15) is 0 Å². The molecule has 0 aromatic heterocycles. The zero-order valence-corrected chi connectivity index (χ0v) is 11.6. The van der Waals surface area contributed by atoms with Crippen molar-refractivity contribution in [3.63, 3.8) is 0 Å². The van der Waals surface area contributed by atoms with Crippen LogP contribution in [0.5, 0.6) is 0 Å². The van der Waals surface area contributed by atoms with Gasteiger partial charge in [0.1, 0.15) is 19.7 Å². The highest BCUT2D eigenvalue weighted by Gasteiger charge is 2.20. The van der Waals surface area contributed by atoms with E-state index in [0.717, 1.165) is 24.1 Å². The van der Waals surface area contributed by atoms with Crippen LogP contribution in [-0.2, 0) is 16.1 Å². The average molecular weight is 267 g/mol. The van der Waals surface area contributed by atoms with Gasteiger partial charge in [0.2, 0.25) is 0 Å². The highest BCUT2D eigenvalue weighted by Crippen LogP contribution is 2.11. The van der Waals surface area contributed by atoms with Crippen molar-refractivity contribution in [2.75, 3.05) is 26.7 Å². The summed E-state index contributed by atoms with van der Waals surface area (Å²) in [6.07, 6.45) is 1.20. The van der Waals surface area contributed by atoms with E-state index < -0.39 is 0 Å². The van der Waals surface area contributed by atoms with Crippen LogP contribution in [0.15, 0.2) is 43.0 Å². The van der Waals surface area contributed by atoms with Crippen molar-refractivity contribution in [3.05, 3.63) is 48.6 Å². The first-order valence-corrected chi connectivity index (χ1v) is 6.26. The highest BCUT2D eigenvalue weighted by atomic mass is 19.0. The van der Waals surface area contributed by atoms with Crippen molar-refractivity contribution >= 4 is 5.97 Å². The van der Waals surface area contributed by atoms with E-state index in [9.17, 15) is 4.79 Å². The summed E-state index contributed by atoms with van der Waals surface area (Å²) in [4.78, 5) is 11.0. The molecule has 1 aromatic carbocycles. The number of halogens is 1. The van der Waals surface area contributed by atoms with Crippen LogP contribution in [0.3, 0.4) is 0 Å². The van der Waals surface area contributed by atoms with E-state index in [1.807, 2.05) is 18.2 Å². The molecule has 19 heavy (non-hydrogen) atoms. The molecule has 1 atom stereocenters. The summed E-state index contributed by atoms with van der Waals surface area (Å²) in [5.41, 5.74) is 1.30. The van der Waals surface area contributed by atoms with Crippen LogP contribution >= 0.6 is 0 Å². The molecule has 0 aliphatic carbocycles. The Bertz CT molecular complexity index is 394. The quantitative estimate of drug-likeness (QED) is 0.374. The molecule has 0 amide bonds. The second kappa shape index (κ2) is 8.43. The lowest BCUT2D eigenvalue weighted by Crippen LogP contribution is -3.00. The van der Waals surface area contributed by atoms with Gasteiger partial charge in [0.05, 0.1) is 13.6 Å². The van der Waals surface area contributed by atoms with E-state index in [0.29, 0.717) is 6.61 Å². The molecule has 1 unspecified atom stereocenters. The van der Waals surface area contributed by atoms with Crippen LogP contribution in [0.25, 0.3) is 0 Å². The number of nitrogens with zero attached hydrogens (tertiary/aromatic N) is 1. The van der Waals surface area contributed by atoms with Crippen LogP contribution in [0.2, 0.25) is 0 Å². The Hall–Kier alpha value is -1.68. The summed E-state index contributed by atoms with van der Waals surface area (Å²) in [5, 5.41) is 0. The standard InChI is InChI=1S/C15H22NO2.FH/c1-4-15(17)18-12-11-16(3,5-2)13-14-9-7-6-8-10-14;/h4,6-10H,1,5,11-13H2,2-3H3;1H/q+1;/p-1. The summed E-state index contributed by atoms with van der Waals surface area (Å²) in [6, 6.07) is 10.4. The normalized spacial score (nSPS) is 12.9. The Morgan fingerprint density at radius 1 is 1.37 bits per heavy atom. The first kappa shape index (κ1) is 17.3. The minimum atomic E-state index is -0.350. The van der Waals surface area contributed by atoms with E-state index >= 15 is 0 Å². The minimum absolute atomic E-state index is 0. The zero-order valence-electron chi connectivity index (χ0n) is 11.6. The predicted molar refractivity (Wildman–Crippen MR) is 72.9 cm³/mol. The molecule has 0 aliphatic heterocycles. The molecule has 3 nitrogen and oxygen atoms in total. The van der Waals surface area contributed by atoms with Crippen molar-refractivity contribution < 1.29 is 18.7 Å². The number of hydrogen-bond acceptors (Lipinski definition) is 2. The molecule has 0 saturated heterocycles. The molecule has 0 saturated carbocycles. The Kier molecular flexibility index (Phi) is 7.68. The molecule has 1 aromatic rings. The molecule has 0 N–H and O–H groups in total. The first-order valence-electron chi connectivity index (χ1n) is 6.26. The molecule has 0 radical (unpaired) electrons. The monoisotopic (exact) mass is 267 g/mol. The number of quaternary nitrogens is 1. The van der Waals surface area contributed by atoms with Gasteiger partial charge in [-0.15, -0.1) is 0 Å². The summed E-state index contributed by atoms with van der Waals surface area (Å²) in [5.74, 6) is -0.350. The molecule has 106 valence electrons. The van der Waals surface area contributed by atoms with E-state index in [1.54, 1.807) is 0 Å². The maximum atomic E-state index is 11.0. The summed E-state index contributed by atoms with van der Waals surface area (Å²) in [6.45, 7) is 8.73. The predicted octanol–water partition coefficient (Wildman–Crippen LogP) is -0.614. The maximum absolute atomic E-state index is 11.0. The third-order valence-electron chi connectivity index (χ3n) is 3.21. The topological polar surface area (TPSA) is 26.3 Å². The molecular formula is C15H22FNO2. The fourth-order valence-electron chi connectivity index (χ4n) is 1.80. The minimum Gasteiger partial charge on any atom is -1.00 e. The number of carbonyl (C=O) groups excluding carboxylic acids is 1. The summed E-state index contributed by atoms with van der Waals surface area (Å²) >= 11 is 0. The molecule has 0 aliphatic rings. The lowest BCUT2D eigenvalue weighted by atomic mass is 10.2. The third kappa shape index (κ3) is 6.15. The van der Waals surface area contributed by atoms with Gasteiger partial charge in [-0.05, 0) is 6.92 Å². The van der Waals surface area contributed by atoms with Gasteiger partial charge in [0.25, 0.3) is 0 Å². The van der Waals surface area contributed by atoms with Crippen molar-refractivity contribution in [3.8, 4) is 0 Å². The number of carbonyl (C=O) groups is 1. The molecule has 0 bridgehead atoms. The number of benzene rings is 1. The zero-order chi connectivity index (χ0) is 13.4. The van der Waals surface area contributed by atoms with Crippen molar-refractivity contribution in [2.45, 2.75) is 13.5 Å². The van der Waals surface area contributed by atoms with Gasteiger partial charge < -0.3 is 13.9 Å². The third-order valence-corrected chi connectivity index (χ3v) is 3.21. The Balaban J connectivity index is 0.00000324. The van der Waals surface area contributed by atoms with E-state index in [-0.39, 0.29) is 10.7 Å². The average Bonchev–Trinajstić information content (AvgIpc) is 2.39. The number of rotatable bonds is 7. The van der Waals surface area contributed by atoms with Crippen LogP contribution in [0, 0.1) is 0 Å². The SMILES string of the molecule is C=CC(=O)OCC[N+](C)(CC)Cc1ccccc1.[F-]. The smallest absolute Gasteiger partial charge is 0.330 e. The van der Waals surface area contributed by atoms with Gasteiger partial charge >= 0.3 is 5.97 Å². The van der Waals surface area contributed by atoms with Gasteiger partial charge in [0, 0.05) is 11.6 Å². The number of ether oxygens (including phenoxy) is 1. The second-order valence-corrected chi connectivity index (χ2v) is 4.67. The molecule has 0 spiro atoms. The molecule has 4 heteroatoms. The fraction of sp³-hybridized carbons (Fsp3) is 0.400. The van der Waals surface area contributed by atoms with E-state index in [1.165, 1.54) is 11.6 Å². The lowest BCUT2D eigenvalue weighted by Gasteiger charge is -2.33. The van der Waals surface area contributed by atoms with E-state index in [2.05, 4.69) is 32.7 Å². The number of esters is 1. The molecule has 0 fully saturated rings. The van der Waals surface area contributed by atoms with Gasteiger partial charge in [0.15, 0.2) is 0 Å².